The molecule has 128 valence electrons. The lowest BCUT2D eigenvalue weighted by Crippen LogP contribution is -2.12. The van der Waals surface area contributed by atoms with Crippen molar-refractivity contribution >= 4 is 38.3 Å². The lowest BCUT2D eigenvalue weighted by Gasteiger charge is -2.06. The average molecular weight is 425 g/mol. The van der Waals surface area contributed by atoms with Crippen LogP contribution in [0.3, 0.4) is 0 Å². The highest BCUT2D eigenvalue weighted by atomic mass is 79.9. The van der Waals surface area contributed by atoms with Crippen LogP contribution in [0.5, 0.6) is 5.75 Å². The number of carbonyl (C=O) groups is 1. The average Bonchev–Trinajstić information content (AvgIpc) is 3.02. The lowest BCUT2D eigenvalue weighted by atomic mass is 10.1. The minimum Gasteiger partial charge on any atom is -0.496 e. The van der Waals surface area contributed by atoms with E-state index in [1.165, 1.54) is 48.8 Å². The molecule has 0 atom stereocenters. The molecule has 2 aromatic carbocycles. The number of halogens is 3. The Morgan fingerprint density at radius 2 is 2.00 bits per heavy atom. The van der Waals surface area contributed by atoms with Gasteiger partial charge in [-0.1, -0.05) is 15.9 Å². The van der Waals surface area contributed by atoms with Crippen LogP contribution in [0.2, 0.25) is 0 Å². The third kappa shape index (κ3) is 4.02. The molecule has 1 aromatic heterocycles. The van der Waals surface area contributed by atoms with Crippen LogP contribution in [0.1, 0.15) is 10.4 Å². The molecule has 25 heavy (non-hydrogen) atoms. The predicted octanol–water partition coefficient (Wildman–Crippen LogP) is 5.11. The minimum absolute atomic E-state index is 0.159. The van der Waals surface area contributed by atoms with Crippen molar-refractivity contribution in [2.24, 2.45) is 0 Å². The number of nitrogens with one attached hydrogen (secondary N) is 1. The Morgan fingerprint density at radius 3 is 2.72 bits per heavy atom. The summed E-state index contributed by atoms with van der Waals surface area (Å²) in [4.78, 5) is 16.5. The first kappa shape index (κ1) is 17.5. The number of thiazole rings is 1. The summed E-state index contributed by atoms with van der Waals surface area (Å²) < 4.78 is 32.6. The van der Waals surface area contributed by atoms with Crippen LogP contribution < -0.4 is 10.1 Å². The van der Waals surface area contributed by atoms with Crippen LogP contribution in [0, 0.1) is 11.6 Å². The van der Waals surface area contributed by atoms with Gasteiger partial charge in [-0.05, 0) is 36.4 Å². The van der Waals surface area contributed by atoms with Gasteiger partial charge in [0.25, 0.3) is 5.91 Å². The minimum atomic E-state index is -0.524. The topological polar surface area (TPSA) is 51.2 Å². The maximum atomic E-state index is 13.5. The molecule has 8 heteroatoms. The number of benzene rings is 2. The maximum absolute atomic E-state index is 13.5. The first-order valence-electron chi connectivity index (χ1n) is 7.03. The summed E-state index contributed by atoms with van der Waals surface area (Å²) in [5.74, 6) is -0.964. The van der Waals surface area contributed by atoms with Crippen molar-refractivity contribution in [1.29, 1.82) is 0 Å². The Morgan fingerprint density at radius 1 is 1.20 bits per heavy atom. The fourth-order valence-corrected chi connectivity index (χ4v) is 3.36. The third-order valence-corrected chi connectivity index (χ3v) is 4.50. The van der Waals surface area contributed by atoms with E-state index < -0.39 is 17.5 Å². The van der Waals surface area contributed by atoms with Crippen LogP contribution in [-0.4, -0.2) is 18.0 Å². The van der Waals surface area contributed by atoms with Gasteiger partial charge in [0.15, 0.2) is 5.13 Å². The molecule has 0 saturated carbocycles. The SMILES string of the molecule is COc1ccc(F)cc1-c1csc(NC(=O)c2cc(F)cc(Br)c2)n1. The highest BCUT2D eigenvalue weighted by Crippen LogP contribution is 2.33. The van der Waals surface area contributed by atoms with E-state index >= 15 is 0 Å². The van der Waals surface area contributed by atoms with Crippen molar-refractivity contribution in [3.05, 3.63) is 63.4 Å². The summed E-state index contributed by atoms with van der Waals surface area (Å²) in [7, 11) is 1.48. The number of carbonyl (C=O) groups excluding carboxylic acids is 1. The summed E-state index contributed by atoms with van der Waals surface area (Å²) >= 11 is 4.32. The molecule has 0 radical (unpaired) electrons. The van der Waals surface area contributed by atoms with Crippen LogP contribution >= 0.6 is 27.3 Å². The van der Waals surface area contributed by atoms with E-state index in [-0.39, 0.29) is 5.56 Å². The van der Waals surface area contributed by atoms with E-state index in [1.54, 1.807) is 5.38 Å². The van der Waals surface area contributed by atoms with Crippen molar-refractivity contribution in [2.75, 3.05) is 12.4 Å². The number of methoxy groups -OCH3 is 1. The van der Waals surface area contributed by atoms with Crippen molar-refractivity contribution in [3.8, 4) is 17.0 Å². The molecule has 0 fully saturated rings. The molecule has 0 aliphatic heterocycles. The standard InChI is InChI=1S/C17H11BrF2N2O2S/c1-24-15-3-2-11(19)7-13(15)14-8-25-17(21-14)22-16(23)9-4-10(18)6-12(20)5-9/h2-8H,1H3,(H,21,22,23). The van der Waals surface area contributed by atoms with Crippen molar-refractivity contribution < 1.29 is 18.3 Å². The van der Waals surface area contributed by atoms with E-state index in [2.05, 4.69) is 26.2 Å². The van der Waals surface area contributed by atoms with E-state index in [9.17, 15) is 13.6 Å². The first-order chi connectivity index (χ1) is 12.0. The summed E-state index contributed by atoms with van der Waals surface area (Å²) in [6, 6.07) is 8.00. The van der Waals surface area contributed by atoms with Gasteiger partial charge in [0.1, 0.15) is 17.4 Å². The zero-order valence-corrected chi connectivity index (χ0v) is 15.2. The highest BCUT2D eigenvalue weighted by molar-refractivity contribution is 9.10. The Bertz CT molecular complexity index is 926. The number of aromatic nitrogens is 1. The monoisotopic (exact) mass is 424 g/mol. The normalized spacial score (nSPS) is 10.6. The van der Waals surface area contributed by atoms with Gasteiger partial charge in [-0.3, -0.25) is 10.1 Å². The number of hydrogen-bond acceptors (Lipinski definition) is 4. The van der Waals surface area contributed by atoms with Gasteiger partial charge < -0.3 is 4.74 Å². The molecule has 4 nitrogen and oxygen atoms in total. The zero-order valence-electron chi connectivity index (χ0n) is 12.8. The van der Waals surface area contributed by atoms with E-state index in [0.717, 1.165) is 6.07 Å². The fraction of sp³-hybridized carbons (Fsp3) is 0.0588. The zero-order chi connectivity index (χ0) is 18.0. The molecule has 0 saturated heterocycles. The van der Waals surface area contributed by atoms with E-state index in [1.807, 2.05) is 0 Å². The molecule has 0 aliphatic carbocycles. The predicted molar refractivity (Wildman–Crippen MR) is 96.1 cm³/mol. The number of amides is 1. The Kier molecular flexibility index (Phi) is 5.10. The van der Waals surface area contributed by atoms with Crippen LogP contribution in [0.15, 0.2) is 46.3 Å². The molecule has 1 N–H and O–H groups in total. The molecule has 1 heterocycles. The van der Waals surface area contributed by atoms with Gasteiger partial charge in [0, 0.05) is 21.0 Å². The van der Waals surface area contributed by atoms with Crippen molar-refractivity contribution in [1.82, 2.24) is 4.98 Å². The molecule has 3 aromatic rings. The van der Waals surface area contributed by atoms with E-state index in [4.69, 9.17) is 4.74 Å². The molecule has 0 aliphatic rings. The van der Waals surface area contributed by atoms with Crippen LogP contribution in [-0.2, 0) is 0 Å². The number of rotatable bonds is 4. The molecule has 0 spiro atoms. The summed E-state index contributed by atoms with van der Waals surface area (Å²) in [6.45, 7) is 0. The third-order valence-electron chi connectivity index (χ3n) is 3.29. The summed E-state index contributed by atoms with van der Waals surface area (Å²) in [5.41, 5.74) is 1.11. The number of hydrogen-bond donors (Lipinski definition) is 1. The largest absolute Gasteiger partial charge is 0.496 e. The molecule has 1 amide bonds. The number of anilines is 1. The smallest absolute Gasteiger partial charge is 0.257 e. The van der Waals surface area contributed by atoms with Gasteiger partial charge in [-0.25, -0.2) is 13.8 Å². The molecular formula is C17H11BrF2N2O2S. The van der Waals surface area contributed by atoms with Gasteiger partial charge >= 0.3 is 0 Å². The molecule has 0 bridgehead atoms. The van der Waals surface area contributed by atoms with Crippen molar-refractivity contribution in [2.45, 2.75) is 0 Å². The van der Waals surface area contributed by atoms with Crippen LogP contribution in [0.25, 0.3) is 11.3 Å². The quantitative estimate of drug-likeness (QED) is 0.632. The maximum Gasteiger partial charge on any atom is 0.257 e. The summed E-state index contributed by atoms with van der Waals surface area (Å²) in [5, 5.41) is 4.59. The second-order valence-electron chi connectivity index (χ2n) is 4.99. The van der Waals surface area contributed by atoms with Crippen molar-refractivity contribution in [3.63, 3.8) is 0 Å². The van der Waals surface area contributed by atoms with Gasteiger partial charge in [-0.15, -0.1) is 11.3 Å². The van der Waals surface area contributed by atoms with E-state index in [0.29, 0.717) is 26.6 Å². The lowest BCUT2D eigenvalue weighted by molar-refractivity contribution is 0.102. The Labute approximate surface area is 154 Å². The second kappa shape index (κ2) is 7.28. The first-order valence-corrected chi connectivity index (χ1v) is 8.70. The summed E-state index contributed by atoms with van der Waals surface area (Å²) in [6.07, 6.45) is 0. The van der Waals surface area contributed by atoms with Gasteiger partial charge in [0.2, 0.25) is 0 Å². The highest BCUT2D eigenvalue weighted by Gasteiger charge is 2.14. The second-order valence-corrected chi connectivity index (χ2v) is 6.77. The van der Waals surface area contributed by atoms with Gasteiger partial charge in [-0.2, -0.15) is 0 Å². The van der Waals surface area contributed by atoms with Crippen LogP contribution in [0.4, 0.5) is 13.9 Å². The molecule has 0 unspecified atom stereocenters. The molecular weight excluding hydrogens is 414 g/mol. The Balaban J connectivity index is 1.85. The number of nitrogens with zero attached hydrogens (tertiary/aromatic N) is 1. The fourth-order valence-electron chi connectivity index (χ4n) is 2.19. The van der Waals surface area contributed by atoms with Gasteiger partial charge in [0.05, 0.1) is 12.8 Å². The molecule has 3 rings (SSSR count). The number of ether oxygens (including phenoxy) is 1. The Hall–Kier alpha value is -2.32.